The summed E-state index contributed by atoms with van der Waals surface area (Å²) < 4.78 is 27.1. The van der Waals surface area contributed by atoms with E-state index >= 15 is 0 Å². The van der Waals surface area contributed by atoms with E-state index in [0.717, 1.165) is 40.5 Å². The number of carboxylic acid groups (broad SMARTS) is 1. The highest BCUT2D eigenvalue weighted by atomic mass is 32.2. The van der Waals surface area contributed by atoms with E-state index in [1.54, 1.807) is 12.1 Å². The quantitative estimate of drug-likeness (QED) is 0.633. The van der Waals surface area contributed by atoms with E-state index in [1.807, 2.05) is 42.5 Å². The summed E-state index contributed by atoms with van der Waals surface area (Å²) >= 11 is 1.01. The van der Waals surface area contributed by atoms with Crippen molar-refractivity contribution in [2.75, 3.05) is 13.1 Å². The SMILES string of the molecule is O=C(O)/C(=C\c1ccc2ccccc2c1)c1ccc(S(=O)(=O)N2CCCC2)s1. The van der Waals surface area contributed by atoms with Crippen LogP contribution in [0.5, 0.6) is 0 Å². The normalized spacial score (nSPS) is 15.9. The Morgan fingerprint density at radius 1 is 1.00 bits per heavy atom. The molecule has 1 aliphatic heterocycles. The third-order valence-electron chi connectivity index (χ3n) is 4.82. The maximum atomic E-state index is 12.7. The summed E-state index contributed by atoms with van der Waals surface area (Å²) in [6.07, 6.45) is 3.31. The zero-order chi connectivity index (χ0) is 19.7. The topological polar surface area (TPSA) is 74.7 Å². The predicted molar refractivity (Wildman–Crippen MR) is 112 cm³/mol. The van der Waals surface area contributed by atoms with E-state index in [4.69, 9.17) is 0 Å². The standard InChI is InChI=1S/C21H19NO4S2/c23-21(24)18(14-15-7-8-16-5-1-2-6-17(16)13-15)19-9-10-20(27-19)28(25,26)22-11-3-4-12-22/h1-2,5-10,13-14H,3-4,11-12H2,(H,23,24)/b18-14-. The molecule has 1 aliphatic rings. The third-order valence-corrected chi connectivity index (χ3v) is 8.31. The van der Waals surface area contributed by atoms with Crippen LogP contribution >= 0.6 is 11.3 Å². The van der Waals surface area contributed by atoms with Gasteiger partial charge in [0.05, 0.1) is 5.57 Å². The molecule has 0 saturated carbocycles. The average Bonchev–Trinajstić information content (AvgIpc) is 3.38. The van der Waals surface area contributed by atoms with Gasteiger partial charge in [-0.25, -0.2) is 13.2 Å². The van der Waals surface area contributed by atoms with Gasteiger partial charge in [0.1, 0.15) is 4.21 Å². The minimum absolute atomic E-state index is 0.0863. The molecule has 1 saturated heterocycles. The summed E-state index contributed by atoms with van der Waals surface area (Å²) in [7, 11) is -3.55. The third kappa shape index (κ3) is 3.61. The molecule has 0 bridgehead atoms. The second-order valence-electron chi connectivity index (χ2n) is 6.70. The summed E-state index contributed by atoms with van der Waals surface area (Å²) in [5.74, 6) is -1.08. The van der Waals surface area contributed by atoms with Crippen molar-refractivity contribution in [2.24, 2.45) is 0 Å². The molecule has 4 rings (SSSR count). The van der Waals surface area contributed by atoms with Gasteiger partial charge in [-0.3, -0.25) is 0 Å². The van der Waals surface area contributed by atoms with E-state index in [-0.39, 0.29) is 9.78 Å². The van der Waals surface area contributed by atoms with Crippen molar-refractivity contribution in [1.29, 1.82) is 0 Å². The van der Waals surface area contributed by atoms with Gasteiger partial charge in [0.15, 0.2) is 0 Å². The first-order valence-electron chi connectivity index (χ1n) is 8.99. The van der Waals surface area contributed by atoms with Crippen molar-refractivity contribution in [3.8, 4) is 0 Å². The average molecular weight is 414 g/mol. The molecule has 2 heterocycles. The smallest absolute Gasteiger partial charge is 0.337 e. The molecule has 1 fully saturated rings. The molecule has 28 heavy (non-hydrogen) atoms. The molecule has 0 atom stereocenters. The van der Waals surface area contributed by atoms with Crippen LogP contribution in [-0.4, -0.2) is 36.9 Å². The molecule has 7 heteroatoms. The Morgan fingerprint density at radius 3 is 2.43 bits per heavy atom. The van der Waals surface area contributed by atoms with E-state index in [2.05, 4.69) is 0 Å². The highest BCUT2D eigenvalue weighted by Gasteiger charge is 2.29. The van der Waals surface area contributed by atoms with Gasteiger partial charge in [0.2, 0.25) is 0 Å². The molecule has 2 aromatic carbocycles. The number of sulfonamides is 1. The second-order valence-corrected chi connectivity index (χ2v) is 9.95. The summed E-state index contributed by atoms with van der Waals surface area (Å²) in [5, 5.41) is 11.8. The number of thiophene rings is 1. The fraction of sp³-hybridized carbons (Fsp3) is 0.190. The first-order valence-corrected chi connectivity index (χ1v) is 11.2. The monoisotopic (exact) mass is 413 g/mol. The van der Waals surface area contributed by atoms with Crippen LogP contribution in [0.4, 0.5) is 0 Å². The lowest BCUT2D eigenvalue weighted by Gasteiger charge is -2.13. The molecular formula is C21H19NO4S2. The maximum absolute atomic E-state index is 12.7. The van der Waals surface area contributed by atoms with Crippen molar-refractivity contribution in [1.82, 2.24) is 4.31 Å². The van der Waals surface area contributed by atoms with Crippen molar-refractivity contribution < 1.29 is 18.3 Å². The zero-order valence-corrected chi connectivity index (χ0v) is 16.7. The molecule has 3 aromatic rings. The number of hydrogen-bond acceptors (Lipinski definition) is 4. The van der Waals surface area contributed by atoms with Crippen LogP contribution in [-0.2, 0) is 14.8 Å². The number of aliphatic carboxylic acids is 1. The number of fused-ring (bicyclic) bond motifs is 1. The van der Waals surface area contributed by atoms with Gasteiger partial charge in [-0.2, -0.15) is 4.31 Å². The van der Waals surface area contributed by atoms with E-state index in [9.17, 15) is 18.3 Å². The van der Waals surface area contributed by atoms with E-state index < -0.39 is 16.0 Å². The minimum Gasteiger partial charge on any atom is -0.478 e. The fourth-order valence-electron chi connectivity index (χ4n) is 3.36. The Morgan fingerprint density at radius 2 is 1.71 bits per heavy atom. The summed E-state index contributed by atoms with van der Waals surface area (Å²) in [4.78, 5) is 12.3. The maximum Gasteiger partial charge on any atom is 0.337 e. The first-order chi connectivity index (χ1) is 13.4. The number of nitrogens with zero attached hydrogens (tertiary/aromatic N) is 1. The Bertz CT molecular complexity index is 1170. The van der Waals surface area contributed by atoms with Crippen molar-refractivity contribution in [3.05, 3.63) is 65.0 Å². The van der Waals surface area contributed by atoms with Gasteiger partial charge in [0, 0.05) is 18.0 Å². The number of carboxylic acids is 1. The number of rotatable bonds is 5. The van der Waals surface area contributed by atoms with Crippen LogP contribution in [0.1, 0.15) is 23.3 Å². The van der Waals surface area contributed by atoms with Gasteiger partial charge >= 0.3 is 5.97 Å². The van der Waals surface area contributed by atoms with Gasteiger partial charge < -0.3 is 5.11 Å². The molecule has 1 aromatic heterocycles. The van der Waals surface area contributed by atoms with Gasteiger partial charge in [-0.15, -0.1) is 11.3 Å². The van der Waals surface area contributed by atoms with Crippen molar-refractivity contribution in [3.63, 3.8) is 0 Å². The second kappa shape index (κ2) is 7.50. The Balaban J connectivity index is 1.71. The van der Waals surface area contributed by atoms with Crippen molar-refractivity contribution >= 4 is 49.8 Å². The zero-order valence-electron chi connectivity index (χ0n) is 15.0. The van der Waals surface area contributed by atoms with E-state index in [0.29, 0.717) is 18.0 Å². The van der Waals surface area contributed by atoms with Gasteiger partial charge in [0.25, 0.3) is 10.0 Å². The molecular weight excluding hydrogens is 394 g/mol. The van der Waals surface area contributed by atoms with Crippen LogP contribution in [0.2, 0.25) is 0 Å². The summed E-state index contributed by atoms with van der Waals surface area (Å²) in [6.45, 7) is 1.04. The molecule has 1 N–H and O–H groups in total. The number of carbonyl (C=O) groups is 1. The van der Waals surface area contributed by atoms with Crippen LogP contribution in [0, 0.1) is 0 Å². The minimum atomic E-state index is -3.55. The molecule has 0 spiro atoms. The van der Waals surface area contributed by atoms with E-state index in [1.165, 1.54) is 10.4 Å². The van der Waals surface area contributed by atoms with Crippen LogP contribution in [0.3, 0.4) is 0 Å². The van der Waals surface area contributed by atoms with Gasteiger partial charge in [-0.1, -0.05) is 36.4 Å². The molecule has 5 nitrogen and oxygen atoms in total. The molecule has 0 unspecified atom stereocenters. The van der Waals surface area contributed by atoms with Gasteiger partial charge in [-0.05, 0) is 53.5 Å². The van der Waals surface area contributed by atoms with Crippen LogP contribution in [0.25, 0.3) is 22.4 Å². The summed E-state index contributed by atoms with van der Waals surface area (Å²) in [5.41, 5.74) is 0.844. The highest BCUT2D eigenvalue weighted by molar-refractivity contribution is 7.91. The fourth-order valence-corrected chi connectivity index (χ4v) is 6.35. The Hall–Kier alpha value is -2.48. The lowest BCUT2D eigenvalue weighted by molar-refractivity contribution is -0.130. The molecule has 0 amide bonds. The summed E-state index contributed by atoms with van der Waals surface area (Å²) in [6, 6.07) is 16.7. The Labute approximate surface area is 167 Å². The highest BCUT2D eigenvalue weighted by Crippen LogP contribution is 2.32. The lowest BCUT2D eigenvalue weighted by Crippen LogP contribution is -2.27. The number of benzene rings is 2. The van der Waals surface area contributed by atoms with Crippen LogP contribution in [0.15, 0.2) is 58.8 Å². The molecule has 0 aliphatic carbocycles. The van der Waals surface area contributed by atoms with Crippen LogP contribution < -0.4 is 0 Å². The predicted octanol–water partition coefficient (Wildman–Crippen LogP) is 4.31. The first kappa shape index (κ1) is 18.9. The molecule has 0 radical (unpaired) electrons. The largest absolute Gasteiger partial charge is 0.478 e. The molecule has 144 valence electrons. The number of hydrogen-bond donors (Lipinski definition) is 1. The van der Waals surface area contributed by atoms with Crippen molar-refractivity contribution in [2.45, 2.75) is 17.1 Å². The lowest BCUT2D eigenvalue weighted by atomic mass is 10.0. The Kier molecular flexibility index (Phi) is 5.05.